The van der Waals surface area contributed by atoms with Crippen molar-refractivity contribution < 1.29 is 22.7 Å². The zero-order valence-corrected chi connectivity index (χ0v) is 19.3. The summed E-state index contributed by atoms with van der Waals surface area (Å²) < 4.78 is 37.3. The molecule has 0 bridgehead atoms. The van der Waals surface area contributed by atoms with Crippen molar-refractivity contribution in [2.75, 3.05) is 26.8 Å². The van der Waals surface area contributed by atoms with Gasteiger partial charge in [0.25, 0.3) is 5.91 Å². The number of carbonyl (C=O) groups is 1. The molecule has 3 rings (SSSR count). The van der Waals surface area contributed by atoms with E-state index in [0.29, 0.717) is 18.8 Å². The molecule has 32 heavy (non-hydrogen) atoms. The minimum absolute atomic E-state index is 0.121. The molecule has 0 spiro atoms. The monoisotopic (exact) mass is 456 g/mol. The van der Waals surface area contributed by atoms with Crippen molar-refractivity contribution in [1.82, 2.24) is 9.62 Å². The van der Waals surface area contributed by atoms with Gasteiger partial charge >= 0.3 is 0 Å². The first kappa shape index (κ1) is 23.6. The molecule has 1 amide bonds. The molecule has 0 aromatic heterocycles. The van der Waals surface area contributed by atoms with E-state index in [0.717, 1.165) is 22.1 Å². The summed E-state index contributed by atoms with van der Waals surface area (Å²) in [6.07, 6.45) is 0. The van der Waals surface area contributed by atoms with Crippen LogP contribution in [0.3, 0.4) is 0 Å². The summed E-state index contributed by atoms with van der Waals surface area (Å²) >= 11 is 0. The first-order chi connectivity index (χ1) is 15.4. The van der Waals surface area contributed by atoms with E-state index in [1.165, 1.54) is 4.31 Å². The van der Waals surface area contributed by atoms with Crippen LogP contribution in [0.5, 0.6) is 11.5 Å². The normalized spacial score (nSPS) is 11.5. The molecular weight excluding hydrogens is 428 g/mol. The lowest BCUT2D eigenvalue weighted by Gasteiger charge is -2.18. The summed E-state index contributed by atoms with van der Waals surface area (Å²) in [7, 11) is -1.88. The lowest BCUT2D eigenvalue weighted by Crippen LogP contribution is -2.30. The lowest BCUT2D eigenvalue weighted by molar-refractivity contribution is -0.123. The SMILES string of the molecule is CCN(CC)S(=O)(=O)c1ccc(CNC(=O)COc2ccc3ccc(OC)cc3c2)cc1. The summed E-state index contributed by atoms with van der Waals surface area (Å²) in [5.41, 5.74) is 0.801. The van der Waals surface area contributed by atoms with Crippen LogP contribution in [0, 0.1) is 0 Å². The summed E-state index contributed by atoms with van der Waals surface area (Å²) in [5.74, 6) is 1.07. The molecule has 170 valence electrons. The number of sulfonamides is 1. The first-order valence-corrected chi connectivity index (χ1v) is 11.9. The summed E-state index contributed by atoms with van der Waals surface area (Å²) in [6, 6.07) is 17.9. The lowest BCUT2D eigenvalue weighted by atomic mass is 10.1. The van der Waals surface area contributed by atoms with E-state index in [2.05, 4.69) is 5.32 Å². The number of hydrogen-bond donors (Lipinski definition) is 1. The number of ether oxygens (including phenoxy) is 2. The fourth-order valence-electron chi connectivity index (χ4n) is 3.31. The average Bonchev–Trinajstić information content (AvgIpc) is 2.81. The van der Waals surface area contributed by atoms with E-state index in [1.807, 2.05) is 50.2 Å². The highest BCUT2D eigenvalue weighted by atomic mass is 32.2. The van der Waals surface area contributed by atoms with Gasteiger partial charge in [0.2, 0.25) is 10.0 Å². The molecule has 1 N–H and O–H groups in total. The molecule has 0 saturated heterocycles. The molecule has 7 nitrogen and oxygen atoms in total. The highest BCUT2D eigenvalue weighted by molar-refractivity contribution is 7.89. The van der Waals surface area contributed by atoms with E-state index < -0.39 is 10.0 Å². The second kappa shape index (κ2) is 10.5. The Balaban J connectivity index is 1.54. The Morgan fingerprint density at radius 3 is 2.16 bits per heavy atom. The molecule has 0 fully saturated rings. The number of hydrogen-bond acceptors (Lipinski definition) is 5. The molecule has 0 heterocycles. The molecule has 0 aliphatic rings. The number of carbonyl (C=O) groups excluding carboxylic acids is 1. The third kappa shape index (κ3) is 5.57. The van der Waals surface area contributed by atoms with Crippen LogP contribution < -0.4 is 14.8 Å². The Labute approximate surface area is 189 Å². The maximum atomic E-state index is 12.5. The number of nitrogens with zero attached hydrogens (tertiary/aromatic N) is 1. The Morgan fingerprint density at radius 1 is 0.906 bits per heavy atom. The van der Waals surface area contributed by atoms with Crippen LogP contribution in [0.2, 0.25) is 0 Å². The second-order valence-corrected chi connectivity index (χ2v) is 9.11. The largest absolute Gasteiger partial charge is 0.497 e. The van der Waals surface area contributed by atoms with Crippen molar-refractivity contribution >= 4 is 26.7 Å². The topological polar surface area (TPSA) is 84.9 Å². The van der Waals surface area contributed by atoms with Crippen LogP contribution in [0.4, 0.5) is 0 Å². The molecule has 8 heteroatoms. The van der Waals surface area contributed by atoms with Gasteiger partial charge in [-0.3, -0.25) is 4.79 Å². The molecule has 0 saturated carbocycles. The fraction of sp³-hybridized carbons (Fsp3) is 0.292. The predicted octanol–water partition coefficient (Wildman–Crippen LogP) is 3.57. The zero-order chi connectivity index (χ0) is 23.1. The third-order valence-corrected chi connectivity index (χ3v) is 7.21. The second-order valence-electron chi connectivity index (χ2n) is 7.17. The van der Waals surface area contributed by atoms with Crippen molar-refractivity contribution in [2.24, 2.45) is 0 Å². The van der Waals surface area contributed by atoms with E-state index >= 15 is 0 Å². The Hall–Kier alpha value is -3.10. The van der Waals surface area contributed by atoms with Gasteiger partial charge in [-0.2, -0.15) is 4.31 Å². The van der Waals surface area contributed by atoms with Gasteiger partial charge in [0.05, 0.1) is 12.0 Å². The van der Waals surface area contributed by atoms with Crippen molar-refractivity contribution in [3.63, 3.8) is 0 Å². The van der Waals surface area contributed by atoms with Crippen molar-refractivity contribution in [1.29, 1.82) is 0 Å². The number of fused-ring (bicyclic) bond motifs is 1. The average molecular weight is 457 g/mol. The van der Waals surface area contributed by atoms with Gasteiger partial charge in [0.15, 0.2) is 6.61 Å². The first-order valence-electron chi connectivity index (χ1n) is 10.4. The molecule has 3 aromatic carbocycles. The third-order valence-electron chi connectivity index (χ3n) is 5.15. The van der Waals surface area contributed by atoms with Crippen LogP contribution in [-0.4, -0.2) is 45.4 Å². The number of amides is 1. The maximum absolute atomic E-state index is 12.5. The van der Waals surface area contributed by atoms with Gasteiger partial charge in [0, 0.05) is 19.6 Å². The van der Waals surface area contributed by atoms with Gasteiger partial charge in [0.1, 0.15) is 11.5 Å². The van der Waals surface area contributed by atoms with Crippen LogP contribution in [0.1, 0.15) is 19.4 Å². The quantitative estimate of drug-likeness (QED) is 0.504. The van der Waals surface area contributed by atoms with E-state index in [4.69, 9.17) is 9.47 Å². The Morgan fingerprint density at radius 2 is 1.53 bits per heavy atom. The molecule has 0 radical (unpaired) electrons. The molecule has 0 atom stereocenters. The van der Waals surface area contributed by atoms with Gasteiger partial charge < -0.3 is 14.8 Å². The van der Waals surface area contributed by atoms with Crippen LogP contribution in [0.15, 0.2) is 65.6 Å². The Bertz CT molecular complexity index is 1170. The zero-order valence-electron chi connectivity index (χ0n) is 18.5. The van der Waals surface area contributed by atoms with Crippen LogP contribution in [0.25, 0.3) is 10.8 Å². The minimum atomic E-state index is -3.49. The standard InChI is InChI=1S/C24H28N2O5S/c1-4-26(5-2)32(28,29)23-12-6-18(7-13-23)16-25-24(27)17-31-22-11-9-19-8-10-21(30-3)14-20(19)15-22/h6-15H,4-5,16-17H2,1-3H3,(H,25,27). The number of nitrogens with one attached hydrogen (secondary N) is 1. The molecule has 0 unspecified atom stereocenters. The molecule has 3 aromatic rings. The van der Waals surface area contributed by atoms with Gasteiger partial charge in [-0.25, -0.2) is 8.42 Å². The maximum Gasteiger partial charge on any atom is 0.258 e. The molecular formula is C24H28N2O5S. The smallest absolute Gasteiger partial charge is 0.258 e. The molecule has 0 aliphatic carbocycles. The summed E-state index contributed by atoms with van der Waals surface area (Å²) in [5, 5.41) is 4.79. The summed E-state index contributed by atoms with van der Waals surface area (Å²) in [4.78, 5) is 12.4. The van der Waals surface area contributed by atoms with Crippen LogP contribution in [-0.2, 0) is 21.4 Å². The number of methoxy groups -OCH3 is 1. The highest BCUT2D eigenvalue weighted by Gasteiger charge is 2.21. The summed E-state index contributed by atoms with van der Waals surface area (Å²) in [6.45, 7) is 4.61. The highest BCUT2D eigenvalue weighted by Crippen LogP contribution is 2.25. The molecule has 0 aliphatic heterocycles. The van der Waals surface area contributed by atoms with E-state index in [1.54, 1.807) is 31.4 Å². The minimum Gasteiger partial charge on any atom is -0.497 e. The van der Waals surface area contributed by atoms with Crippen molar-refractivity contribution in [3.8, 4) is 11.5 Å². The van der Waals surface area contributed by atoms with Crippen molar-refractivity contribution in [3.05, 3.63) is 66.2 Å². The van der Waals surface area contributed by atoms with Gasteiger partial charge in [-0.15, -0.1) is 0 Å². The number of benzene rings is 3. The fourth-order valence-corrected chi connectivity index (χ4v) is 4.77. The van der Waals surface area contributed by atoms with Gasteiger partial charge in [-0.1, -0.05) is 38.1 Å². The van der Waals surface area contributed by atoms with Crippen molar-refractivity contribution in [2.45, 2.75) is 25.3 Å². The van der Waals surface area contributed by atoms with E-state index in [9.17, 15) is 13.2 Å². The van der Waals surface area contributed by atoms with Crippen LogP contribution >= 0.6 is 0 Å². The van der Waals surface area contributed by atoms with E-state index in [-0.39, 0.29) is 24.0 Å². The number of rotatable bonds is 10. The predicted molar refractivity (Wildman–Crippen MR) is 124 cm³/mol. The Kier molecular flexibility index (Phi) is 7.71. The van der Waals surface area contributed by atoms with Gasteiger partial charge in [-0.05, 0) is 52.7 Å².